The third-order valence-electron chi connectivity index (χ3n) is 2.95. The van der Waals surface area contributed by atoms with E-state index in [0.29, 0.717) is 12.5 Å². The number of anilines is 2. The molecular formula is C12H21N5O2. The fourth-order valence-corrected chi connectivity index (χ4v) is 1.28. The van der Waals surface area contributed by atoms with E-state index in [4.69, 9.17) is 0 Å². The van der Waals surface area contributed by atoms with Gasteiger partial charge in [-0.2, -0.15) is 4.98 Å². The topological polar surface area (TPSA) is 93.0 Å². The first-order valence-electron chi connectivity index (χ1n) is 6.27. The Kier molecular flexibility index (Phi) is 4.63. The number of nitrogens with zero attached hydrogens (tertiary/aromatic N) is 3. The Morgan fingerprint density at radius 1 is 1.47 bits per heavy atom. The highest BCUT2D eigenvalue weighted by molar-refractivity contribution is 5.57. The van der Waals surface area contributed by atoms with E-state index >= 15 is 0 Å². The molecule has 0 bridgehead atoms. The van der Waals surface area contributed by atoms with Crippen molar-refractivity contribution in [1.29, 1.82) is 0 Å². The van der Waals surface area contributed by atoms with Crippen molar-refractivity contribution in [3.63, 3.8) is 0 Å². The van der Waals surface area contributed by atoms with Crippen LogP contribution < -0.4 is 10.6 Å². The smallest absolute Gasteiger partial charge is 0.329 e. The molecule has 1 atom stereocenters. The van der Waals surface area contributed by atoms with E-state index in [2.05, 4.69) is 41.4 Å². The summed E-state index contributed by atoms with van der Waals surface area (Å²) < 4.78 is 0. The maximum Gasteiger partial charge on any atom is 0.329 e. The van der Waals surface area contributed by atoms with E-state index in [1.165, 1.54) is 6.20 Å². The lowest BCUT2D eigenvalue weighted by atomic mass is 9.88. The van der Waals surface area contributed by atoms with Crippen molar-refractivity contribution in [1.82, 2.24) is 9.97 Å². The molecule has 1 heterocycles. The van der Waals surface area contributed by atoms with Gasteiger partial charge in [-0.1, -0.05) is 20.8 Å². The maximum atomic E-state index is 11.0. The maximum absolute atomic E-state index is 11.0. The summed E-state index contributed by atoms with van der Waals surface area (Å²) in [6, 6.07) is 0.0376. The Morgan fingerprint density at radius 2 is 2.11 bits per heavy atom. The van der Waals surface area contributed by atoms with Crippen molar-refractivity contribution in [3.05, 3.63) is 16.3 Å². The van der Waals surface area contributed by atoms with Crippen LogP contribution >= 0.6 is 0 Å². The molecule has 0 aliphatic heterocycles. The Morgan fingerprint density at radius 3 is 2.58 bits per heavy atom. The molecular weight excluding hydrogens is 246 g/mol. The van der Waals surface area contributed by atoms with Crippen LogP contribution in [0.4, 0.5) is 17.5 Å². The number of nitrogens with one attached hydrogen (secondary N) is 2. The molecule has 0 amide bonds. The van der Waals surface area contributed by atoms with Crippen molar-refractivity contribution in [2.75, 3.05) is 17.2 Å². The molecule has 1 aromatic rings. The molecule has 2 N–H and O–H groups in total. The van der Waals surface area contributed by atoms with Gasteiger partial charge in [-0.3, -0.25) is 10.1 Å². The molecule has 0 saturated carbocycles. The molecule has 0 aliphatic carbocycles. The fraction of sp³-hybridized carbons (Fsp3) is 0.667. The van der Waals surface area contributed by atoms with Gasteiger partial charge >= 0.3 is 5.69 Å². The third-order valence-corrected chi connectivity index (χ3v) is 2.95. The molecule has 0 radical (unpaired) electrons. The zero-order valence-electron chi connectivity index (χ0n) is 12.0. The zero-order chi connectivity index (χ0) is 14.6. The summed E-state index contributed by atoms with van der Waals surface area (Å²) in [4.78, 5) is 18.6. The monoisotopic (exact) mass is 267 g/mol. The third kappa shape index (κ3) is 4.04. The van der Waals surface area contributed by atoms with Gasteiger partial charge in [0.25, 0.3) is 0 Å². The number of hydrogen-bond donors (Lipinski definition) is 2. The number of aromatic nitrogens is 2. The minimum absolute atomic E-state index is 0.0306. The molecule has 1 unspecified atom stereocenters. The van der Waals surface area contributed by atoms with Crippen LogP contribution in [0.5, 0.6) is 0 Å². The van der Waals surface area contributed by atoms with Gasteiger partial charge in [0.15, 0.2) is 0 Å². The molecule has 1 rings (SSSR count). The molecule has 0 aromatic carbocycles. The van der Waals surface area contributed by atoms with E-state index in [0.717, 1.165) is 0 Å². The molecule has 0 fully saturated rings. The van der Waals surface area contributed by atoms with Crippen LogP contribution in [0.15, 0.2) is 6.20 Å². The Hall–Kier alpha value is -1.92. The van der Waals surface area contributed by atoms with Crippen LogP contribution in [0, 0.1) is 15.5 Å². The zero-order valence-corrected chi connectivity index (χ0v) is 12.0. The number of rotatable bonds is 5. The van der Waals surface area contributed by atoms with Crippen LogP contribution in [-0.2, 0) is 0 Å². The van der Waals surface area contributed by atoms with Gasteiger partial charge in [0, 0.05) is 12.6 Å². The van der Waals surface area contributed by atoms with Gasteiger partial charge in [0.05, 0.1) is 4.92 Å². The SMILES string of the molecule is CCNc1ncc([N+](=O)[O-])c(NC(C)C(C)(C)C)n1. The molecule has 0 saturated heterocycles. The summed E-state index contributed by atoms with van der Waals surface area (Å²) >= 11 is 0. The van der Waals surface area contributed by atoms with E-state index in [1.807, 2.05) is 13.8 Å². The van der Waals surface area contributed by atoms with Gasteiger partial charge in [-0.15, -0.1) is 0 Å². The first kappa shape index (κ1) is 15.1. The minimum atomic E-state index is -0.479. The predicted octanol–water partition coefficient (Wildman–Crippen LogP) is 2.66. The van der Waals surface area contributed by atoms with Crippen LogP contribution in [0.3, 0.4) is 0 Å². The van der Waals surface area contributed by atoms with Crippen LogP contribution in [0.25, 0.3) is 0 Å². The first-order chi connectivity index (χ1) is 8.75. The van der Waals surface area contributed by atoms with Gasteiger partial charge in [0.1, 0.15) is 6.20 Å². The highest BCUT2D eigenvalue weighted by Gasteiger charge is 2.24. The molecule has 7 nitrogen and oxygen atoms in total. The summed E-state index contributed by atoms with van der Waals surface area (Å²) in [7, 11) is 0. The Bertz CT molecular complexity index is 456. The fourth-order valence-electron chi connectivity index (χ4n) is 1.28. The highest BCUT2D eigenvalue weighted by Crippen LogP contribution is 2.27. The normalized spacial score (nSPS) is 12.9. The molecule has 1 aromatic heterocycles. The number of hydrogen-bond acceptors (Lipinski definition) is 6. The van der Waals surface area contributed by atoms with E-state index in [1.54, 1.807) is 0 Å². The van der Waals surface area contributed by atoms with Crippen molar-refractivity contribution in [2.24, 2.45) is 5.41 Å². The Labute approximate surface area is 113 Å². The first-order valence-corrected chi connectivity index (χ1v) is 6.27. The van der Waals surface area contributed by atoms with Crippen molar-refractivity contribution < 1.29 is 4.92 Å². The summed E-state index contributed by atoms with van der Waals surface area (Å²) in [5.74, 6) is 0.634. The van der Waals surface area contributed by atoms with E-state index < -0.39 is 4.92 Å². The van der Waals surface area contributed by atoms with Crippen LogP contribution in [0.1, 0.15) is 34.6 Å². The molecule has 0 spiro atoms. The van der Waals surface area contributed by atoms with Gasteiger partial charge in [-0.05, 0) is 19.3 Å². The van der Waals surface area contributed by atoms with E-state index in [-0.39, 0.29) is 23.0 Å². The van der Waals surface area contributed by atoms with Gasteiger partial charge in [-0.25, -0.2) is 4.98 Å². The lowest BCUT2D eigenvalue weighted by Gasteiger charge is -2.28. The standard InChI is InChI=1S/C12H21N5O2/c1-6-13-11-14-7-9(17(18)19)10(16-11)15-8(2)12(3,4)5/h7-8H,6H2,1-5H3,(H2,13,14,15,16). The molecule has 19 heavy (non-hydrogen) atoms. The number of nitro groups is 1. The average molecular weight is 267 g/mol. The lowest BCUT2D eigenvalue weighted by Crippen LogP contribution is -2.31. The second kappa shape index (κ2) is 5.81. The molecule has 0 aliphatic rings. The summed E-state index contributed by atoms with van der Waals surface area (Å²) in [5.41, 5.74) is -0.144. The van der Waals surface area contributed by atoms with Gasteiger partial charge in [0.2, 0.25) is 11.8 Å². The summed E-state index contributed by atoms with van der Waals surface area (Å²) in [5, 5.41) is 17.0. The van der Waals surface area contributed by atoms with Crippen LogP contribution in [0.2, 0.25) is 0 Å². The minimum Gasteiger partial charge on any atom is -0.361 e. The molecule has 106 valence electrons. The molecule has 7 heteroatoms. The van der Waals surface area contributed by atoms with Crippen LogP contribution in [-0.4, -0.2) is 27.5 Å². The second-order valence-corrected chi connectivity index (χ2v) is 5.45. The highest BCUT2D eigenvalue weighted by atomic mass is 16.6. The largest absolute Gasteiger partial charge is 0.361 e. The lowest BCUT2D eigenvalue weighted by molar-refractivity contribution is -0.384. The Balaban J connectivity index is 3.07. The second-order valence-electron chi connectivity index (χ2n) is 5.45. The summed E-state index contributed by atoms with van der Waals surface area (Å²) in [6.07, 6.45) is 1.22. The van der Waals surface area contributed by atoms with E-state index in [9.17, 15) is 10.1 Å². The summed E-state index contributed by atoms with van der Waals surface area (Å²) in [6.45, 7) is 10.7. The predicted molar refractivity (Wildman–Crippen MR) is 75.4 cm³/mol. The van der Waals surface area contributed by atoms with Gasteiger partial charge < -0.3 is 10.6 Å². The quantitative estimate of drug-likeness (QED) is 0.629. The van der Waals surface area contributed by atoms with Crippen molar-refractivity contribution >= 4 is 17.5 Å². The average Bonchev–Trinajstić information content (AvgIpc) is 2.28. The van der Waals surface area contributed by atoms with Crippen molar-refractivity contribution in [3.8, 4) is 0 Å². The van der Waals surface area contributed by atoms with Crippen molar-refractivity contribution in [2.45, 2.75) is 40.7 Å².